The zero-order valence-electron chi connectivity index (χ0n) is 13.6. The quantitative estimate of drug-likeness (QED) is 0.576. The Balaban J connectivity index is 4.73. The summed E-state index contributed by atoms with van der Waals surface area (Å²) in [5.74, 6) is -2.39. The van der Waals surface area contributed by atoms with Crippen LogP contribution < -0.4 is 0 Å². The van der Waals surface area contributed by atoms with Gasteiger partial charge < -0.3 is 9.47 Å². The number of carbonyl (C=O) groups excluding carboxylic acids is 3. The minimum atomic E-state index is -1.06. The smallest absolute Gasteiger partial charge is 0.416 e. The molecule has 1 atom stereocenters. The topological polar surface area (TPSA) is 72.9 Å². The van der Waals surface area contributed by atoms with Gasteiger partial charge in [0.2, 0.25) is 5.91 Å². The number of nitrogens with zero attached hydrogens (tertiary/aromatic N) is 1. The first-order chi connectivity index (χ1) is 8.74. The highest BCUT2D eigenvalue weighted by Gasteiger charge is 2.33. The number of hydrogen-bond donors (Lipinski definition) is 0. The van der Waals surface area contributed by atoms with Crippen LogP contribution in [-0.2, 0) is 19.1 Å². The largest absolute Gasteiger partial charge is 0.459 e. The van der Waals surface area contributed by atoms with Gasteiger partial charge in [-0.3, -0.25) is 9.59 Å². The Bertz CT molecular complexity index is 353. The molecular formula is C14H25NO5. The molecule has 6 heteroatoms. The van der Waals surface area contributed by atoms with Crippen molar-refractivity contribution in [3.05, 3.63) is 0 Å². The molecule has 0 radical (unpaired) electrons. The monoisotopic (exact) mass is 287 g/mol. The normalized spacial score (nSPS) is 13.4. The average Bonchev–Trinajstić information content (AvgIpc) is 2.21. The summed E-state index contributed by atoms with van der Waals surface area (Å²) in [6.45, 7) is 11.6. The van der Waals surface area contributed by atoms with E-state index in [1.165, 1.54) is 14.0 Å². The summed E-state index contributed by atoms with van der Waals surface area (Å²) in [5, 5.41) is 0. The molecule has 20 heavy (non-hydrogen) atoms. The van der Waals surface area contributed by atoms with Gasteiger partial charge in [0.25, 0.3) is 0 Å². The highest BCUT2D eigenvalue weighted by molar-refractivity contribution is 6.03. The van der Waals surface area contributed by atoms with Crippen molar-refractivity contribution in [1.29, 1.82) is 0 Å². The van der Waals surface area contributed by atoms with Crippen molar-refractivity contribution in [3.8, 4) is 0 Å². The maximum Gasteiger partial charge on any atom is 0.416 e. The van der Waals surface area contributed by atoms with Gasteiger partial charge in [0.05, 0.1) is 0 Å². The first-order valence-electron chi connectivity index (χ1n) is 6.48. The van der Waals surface area contributed by atoms with E-state index < -0.39 is 35.1 Å². The van der Waals surface area contributed by atoms with Crippen LogP contribution in [0.3, 0.4) is 0 Å². The molecule has 0 aromatic heterocycles. The molecule has 0 aromatic carbocycles. The third kappa shape index (κ3) is 6.54. The van der Waals surface area contributed by atoms with E-state index in [1.807, 2.05) is 0 Å². The van der Waals surface area contributed by atoms with Crippen LogP contribution in [0.1, 0.15) is 48.5 Å². The number of hydrogen-bond acceptors (Lipinski definition) is 5. The Labute approximate surface area is 120 Å². The lowest BCUT2D eigenvalue weighted by molar-refractivity contribution is -0.163. The maximum absolute atomic E-state index is 12.0. The van der Waals surface area contributed by atoms with Gasteiger partial charge in [-0.05, 0) is 48.5 Å². The van der Waals surface area contributed by atoms with Gasteiger partial charge in [0, 0.05) is 7.05 Å². The predicted molar refractivity (Wildman–Crippen MR) is 74.0 cm³/mol. The molecule has 2 amide bonds. The summed E-state index contributed by atoms with van der Waals surface area (Å²) in [5.41, 5.74) is -1.39. The summed E-state index contributed by atoms with van der Waals surface area (Å²) in [4.78, 5) is 36.3. The zero-order valence-corrected chi connectivity index (χ0v) is 13.6. The molecule has 6 nitrogen and oxygen atoms in total. The van der Waals surface area contributed by atoms with Crippen molar-refractivity contribution in [2.75, 3.05) is 7.05 Å². The summed E-state index contributed by atoms with van der Waals surface area (Å²) >= 11 is 0. The average molecular weight is 287 g/mol. The molecule has 0 N–H and O–H groups in total. The van der Waals surface area contributed by atoms with E-state index >= 15 is 0 Å². The van der Waals surface area contributed by atoms with Gasteiger partial charge in [0.1, 0.15) is 17.1 Å². The molecule has 0 aromatic rings. The van der Waals surface area contributed by atoms with Crippen molar-refractivity contribution in [3.63, 3.8) is 0 Å². The summed E-state index contributed by atoms with van der Waals surface area (Å²) in [7, 11) is 1.28. The second-order valence-corrected chi connectivity index (χ2v) is 6.63. The van der Waals surface area contributed by atoms with Crippen LogP contribution in [0.2, 0.25) is 0 Å². The molecule has 0 aliphatic heterocycles. The van der Waals surface area contributed by atoms with Crippen LogP contribution in [0, 0.1) is 5.92 Å². The summed E-state index contributed by atoms with van der Waals surface area (Å²) in [6.07, 6.45) is -0.794. The van der Waals surface area contributed by atoms with Crippen LogP contribution in [0.15, 0.2) is 0 Å². The van der Waals surface area contributed by atoms with E-state index in [9.17, 15) is 14.4 Å². The Hall–Kier alpha value is -1.59. The van der Waals surface area contributed by atoms with E-state index in [0.29, 0.717) is 0 Å². The third-order valence-electron chi connectivity index (χ3n) is 2.13. The fourth-order valence-corrected chi connectivity index (χ4v) is 1.20. The van der Waals surface area contributed by atoms with Crippen molar-refractivity contribution < 1.29 is 23.9 Å². The Morgan fingerprint density at radius 3 is 1.65 bits per heavy atom. The number of ether oxygens (including phenoxy) is 2. The fourth-order valence-electron chi connectivity index (χ4n) is 1.20. The van der Waals surface area contributed by atoms with Crippen LogP contribution in [0.5, 0.6) is 0 Å². The molecule has 0 unspecified atom stereocenters. The second kappa shape index (κ2) is 6.24. The molecule has 0 saturated carbocycles. The van der Waals surface area contributed by atoms with Crippen LogP contribution in [-0.4, -0.2) is 41.1 Å². The minimum absolute atomic E-state index is 0.659. The lowest BCUT2D eigenvalue weighted by Crippen LogP contribution is -2.43. The molecule has 0 fully saturated rings. The first-order valence-corrected chi connectivity index (χ1v) is 6.48. The van der Waals surface area contributed by atoms with Crippen molar-refractivity contribution in [1.82, 2.24) is 4.90 Å². The maximum atomic E-state index is 12.0. The number of imide groups is 1. The molecule has 0 heterocycles. The molecular weight excluding hydrogens is 262 g/mol. The van der Waals surface area contributed by atoms with Crippen LogP contribution in [0.4, 0.5) is 4.79 Å². The van der Waals surface area contributed by atoms with Gasteiger partial charge >= 0.3 is 12.1 Å². The summed E-state index contributed by atoms with van der Waals surface area (Å²) < 4.78 is 10.2. The minimum Gasteiger partial charge on any atom is -0.459 e. The molecule has 0 spiro atoms. The van der Waals surface area contributed by atoms with E-state index in [0.717, 1.165) is 4.90 Å². The lowest BCUT2D eigenvalue weighted by Gasteiger charge is -2.26. The second-order valence-electron chi connectivity index (χ2n) is 6.63. The molecule has 0 rings (SSSR count). The van der Waals surface area contributed by atoms with E-state index in [-0.39, 0.29) is 0 Å². The van der Waals surface area contributed by atoms with Crippen molar-refractivity contribution in [2.45, 2.75) is 59.7 Å². The van der Waals surface area contributed by atoms with Crippen molar-refractivity contribution >= 4 is 18.0 Å². The Morgan fingerprint density at radius 1 is 0.900 bits per heavy atom. The van der Waals surface area contributed by atoms with Gasteiger partial charge in [-0.15, -0.1) is 0 Å². The van der Waals surface area contributed by atoms with Crippen LogP contribution in [0.25, 0.3) is 0 Å². The molecule has 0 saturated heterocycles. The lowest BCUT2D eigenvalue weighted by atomic mass is 10.1. The molecule has 116 valence electrons. The summed E-state index contributed by atoms with van der Waals surface area (Å²) in [6, 6.07) is 0. The number of rotatable bonds is 2. The van der Waals surface area contributed by atoms with Crippen molar-refractivity contribution in [2.24, 2.45) is 5.92 Å². The van der Waals surface area contributed by atoms with Gasteiger partial charge in [0.15, 0.2) is 0 Å². The van der Waals surface area contributed by atoms with E-state index in [2.05, 4.69) is 0 Å². The third-order valence-corrected chi connectivity index (χ3v) is 2.13. The van der Waals surface area contributed by atoms with Crippen LogP contribution >= 0.6 is 0 Å². The molecule has 0 aliphatic rings. The predicted octanol–water partition coefficient (Wildman–Crippen LogP) is 2.36. The standard InChI is InChI=1S/C14H25NO5/c1-9(11(17)19-13(2,3)4)10(16)15(8)12(18)20-14(5,6)7/h9H,1-8H3/t9-/m1/s1. The zero-order chi connectivity index (χ0) is 16.3. The van der Waals surface area contributed by atoms with Gasteiger partial charge in [-0.2, -0.15) is 0 Å². The van der Waals surface area contributed by atoms with E-state index in [1.54, 1.807) is 41.5 Å². The Kier molecular flexibility index (Phi) is 5.74. The molecule has 0 bridgehead atoms. The highest BCUT2D eigenvalue weighted by atomic mass is 16.6. The highest BCUT2D eigenvalue weighted by Crippen LogP contribution is 2.14. The Morgan fingerprint density at radius 2 is 1.30 bits per heavy atom. The number of esters is 1. The first kappa shape index (κ1) is 18.4. The number of carbonyl (C=O) groups is 3. The molecule has 0 aliphatic carbocycles. The number of amides is 2. The van der Waals surface area contributed by atoms with Gasteiger partial charge in [-0.25, -0.2) is 9.69 Å². The van der Waals surface area contributed by atoms with E-state index in [4.69, 9.17) is 9.47 Å². The SMILES string of the molecule is C[C@@H](C(=O)OC(C)(C)C)C(=O)N(C)C(=O)OC(C)(C)C. The fraction of sp³-hybridized carbons (Fsp3) is 0.786. The van der Waals surface area contributed by atoms with Gasteiger partial charge in [-0.1, -0.05) is 0 Å².